The van der Waals surface area contributed by atoms with Crippen LogP contribution in [0.15, 0.2) is 36.5 Å². The van der Waals surface area contributed by atoms with Crippen LogP contribution in [-0.4, -0.2) is 30.5 Å². The molecule has 0 radical (unpaired) electrons. The van der Waals surface area contributed by atoms with Gasteiger partial charge >= 0.3 is 0 Å². The van der Waals surface area contributed by atoms with E-state index in [9.17, 15) is 4.79 Å². The molecule has 27 heavy (non-hydrogen) atoms. The molecule has 0 saturated carbocycles. The van der Waals surface area contributed by atoms with Gasteiger partial charge in [0.1, 0.15) is 5.69 Å². The van der Waals surface area contributed by atoms with E-state index in [-0.39, 0.29) is 5.91 Å². The van der Waals surface area contributed by atoms with Crippen molar-refractivity contribution < 1.29 is 4.79 Å². The number of hydrogen-bond donors (Lipinski definition) is 2. The van der Waals surface area contributed by atoms with Crippen molar-refractivity contribution in [3.05, 3.63) is 47.8 Å². The summed E-state index contributed by atoms with van der Waals surface area (Å²) in [6.07, 6.45) is 2.63. The van der Waals surface area contributed by atoms with Crippen LogP contribution in [-0.2, 0) is 0 Å². The fourth-order valence-corrected chi connectivity index (χ4v) is 2.93. The highest BCUT2D eigenvalue weighted by Crippen LogP contribution is 2.25. The number of nitrogens with zero attached hydrogens (tertiary/aromatic N) is 2. The molecule has 5 nitrogen and oxygen atoms in total. The molecular formula is C22H32N4O. The lowest BCUT2D eigenvalue weighted by molar-refractivity contribution is 0.0947. The van der Waals surface area contributed by atoms with Gasteiger partial charge in [0.05, 0.1) is 0 Å². The standard InChI is InChI=1S/C22H32N4O/c1-6-26(7-2)19-8-9-20(17(5)14-19)25-18-11-13-23-21(15-18)22(27)24-12-10-16(3)4/h8-9,11,13-16H,6-7,10,12H2,1-5H3,(H,23,25)(H,24,27). The first-order valence-corrected chi connectivity index (χ1v) is 9.81. The second-order valence-electron chi connectivity index (χ2n) is 7.16. The van der Waals surface area contributed by atoms with Gasteiger partial charge in [-0.1, -0.05) is 13.8 Å². The number of carbonyl (C=O) groups excluding carboxylic acids is 1. The Morgan fingerprint density at radius 2 is 1.89 bits per heavy atom. The number of hydrogen-bond acceptors (Lipinski definition) is 4. The van der Waals surface area contributed by atoms with Gasteiger partial charge in [-0.25, -0.2) is 0 Å². The average Bonchev–Trinajstić information content (AvgIpc) is 2.64. The lowest BCUT2D eigenvalue weighted by Gasteiger charge is -2.22. The molecular weight excluding hydrogens is 336 g/mol. The number of pyridine rings is 1. The zero-order chi connectivity index (χ0) is 19.8. The van der Waals surface area contributed by atoms with Crippen molar-refractivity contribution in [2.24, 2.45) is 5.92 Å². The highest BCUT2D eigenvalue weighted by Gasteiger charge is 2.09. The van der Waals surface area contributed by atoms with Crippen LogP contribution in [0, 0.1) is 12.8 Å². The highest BCUT2D eigenvalue weighted by molar-refractivity contribution is 5.93. The largest absolute Gasteiger partial charge is 0.372 e. The third-order valence-electron chi connectivity index (χ3n) is 4.62. The van der Waals surface area contributed by atoms with Crippen molar-refractivity contribution in [2.75, 3.05) is 29.9 Å². The summed E-state index contributed by atoms with van der Waals surface area (Å²) in [5, 5.41) is 6.34. The Balaban J connectivity index is 2.08. The molecule has 0 bridgehead atoms. The van der Waals surface area contributed by atoms with Gasteiger partial charge < -0.3 is 15.5 Å². The minimum atomic E-state index is -0.132. The van der Waals surface area contributed by atoms with Gasteiger partial charge in [0.15, 0.2) is 0 Å². The van der Waals surface area contributed by atoms with E-state index in [0.29, 0.717) is 18.2 Å². The number of nitrogens with one attached hydrogen (secondary N) is 2. The van der Waals surface area contributed by atoms with E-state index < -0.39 is 0 Å². The molecule has 2 N–H and O–H groups in total. The van der Waals surface area contributed by atoms with Gasteiger partial charge in [0.25, 0.3) is 5.91 Å². The average molecular weight is 369 g/mol. The molecule has 0 aliphatic heterocycles. The maximum Gasteiger partial charge on any atom is 0.269 e. The van der Waals surface area contributed by atoms with Gasteiger partial charge in [-0.15, -0.1) is 0 Å². The monoisotopic (exact) mass is 368 g/mol. The van der Waals surface area contributed by atoms with E-state index in [0.717, 1.165) is 30.9 Å². The van der Waals surface area contributed by atoms with Crippen LogP contribution in [0.5, 0.6) is 0 Å². The normalized spacial score (nSPS) is 10.7. The van der Waals surface area contributed by atoms with Crippen LogP contribution < -0.4 is 15.5 Å². The summed E-state index contributed by atoms with van der Waals surface area (Å²) in [4.78, 5) is 18.8. The van der Waals surface area contributed by atoms with Crippen molar-refractivity contribution in [2.45, 2.75) is 41.0 Å². The molecule has 0 aliphatic carbocycles. The van der Waals surface area contributed by atoms with Crippen molar-refractivity contribution in [1.82, 2.24) is 10.3 Å². The Bertz CT molecular complexity index is 754. The van der Waals surface area contributed by atoms with Crippen LogP contribution in [0.4, 0.5) is 17.1 Å². The van der Waals surface area contributed by atoms with Crippen molar-refractivity contribution >= 4 is 23.0 Å². The Hall–Kier alpha value is -2.56. The van der Waals surface area contributed by atoms with E-state index in [1.165, 1.54) is 11.3 Å². The van der Waals surface area contributed by atoms with Gasteiger partial charge in [0, 0.05) is 42.9 Å². The first-order chi connectivity index (χ1) is 12.9. The zero-order valence-corrected chi connectivity index (χ0v) is 17.2. The van der Waals surface area contributed by atoms with Crippen molar-refractivity contribution in [1.29, 1.82) is 0 Å². The smallest absolute Gasteiger partial charge is 0.269 e. The summed E-state index contributed by atoms with van der Waals surface area (Å²) in [6.45, 7) is 13.3. The van der Waals surface area contributed by atoms with E-state index in [2.05, 4.69) is 73.3 Å². The molecule has 0 spiro atoms. The lowest BCUT2D eigenvalue weighted by Crippen LogP contribution is -2.26. The quantitative estimate of drug-likeness (QED) is 0.670. The Labute approximate surface area is 163 Å². The third-order valence-corrected chi connectivity index (χ3v) is 4.62. The maximum absolute atomic E-state index is 12.3. The number of aryl methyl sites for hydroxylation is 1. The fraction of sp³-hybridized carbons (Fsp3) is 0.455. The molecule has 146 valence electrons. The molecule has 0 saturated heterocycles. The number of aromatic nitrogens is 1. The van der Waals surface area contributed by atoms with Gasteiger partial charge in [-0.2, -0.15) is 0 Å². The Morgan fingerprint density at radius 3 is 2.52 bits per heavy atom. The minimum absolute atomic E-state index is 0.132. The van der Waals surface area contributed by atoms with E-state index in [1.807, 2.05) is 6.07 Å². The number of carbonyl (C=O) groups is 1. The van der Waals surface area contributed by atoms with E-state index in [4.69, 9.17) is 0 Å². The van der Waals surface area contributed by atoms with E-state index in [1.54, 1.807) is 12.3 Å². The fourth-order valence-electron chi connectivity index (χ4n) is 2.93. The predicted octanol–water partition coefficient (Wildman–Crippen LogP) is 4.76. The van der Waals surface area contributed by atoms with Crippen LogP contribution >= 0.6 is 0 Å². The van der Waals surface area contributed by atoms with Crippen LogP contribution in [0.1, 0.15) is 50.2 Å². The van der Waals surface area contributed by atoms with Crippen LogP contribution in [0.25, 0.3) is 0 Å². The minimum Gasteiger partial charge on any atom is -0.372 e. The van der Waals surface area contributed by atoms with E-state index >= 15 is 0 Å². The molecule has 1 amide bonds. The number of rotatable bonds is 9. The summed E-state index contributed by atoms with van der Waals surface area (Å²) < 4.78 is 0. The summed E-state index contributed by atoms with van der Waals surface area (Å²) in [5.74, 6) is 0.432. The molecule has 1 aromatic heterocycles. The first kappa shape index (κ1) is 20.7. The summed E-state index contributed by atoms with van der Waals surface area (Å²) in [5.41, 5.74) is 4.71. The van der Waals surface area contributed by atoms with Gasteiger partial charge in [-0.3, -0.25) is 9.78 Å². The number of amides is 1. The third kappa shape index (κ3) is 5.98. The maximum atomic E-state index is 12.3. The Kier molecular flexibility index (Phi) is 7.65. The van der Waals surface area contributed by atoms with Crippen molar-refractivity contribution in [3.8, 4) is 0 Å². The second-order valence-corrected chi connectivity index (χ2v) is 7.16. The lowest BCUT2D eigenvalue weighted by atomic mass is 10.1. The van der Waals surface area contributed by atoms with Crippen molar-refractivity contribution in [3.63, 3.8) is 0 Å². The molecule has 0 fully saturated rings. The molecule has 1 heterocycles. The molecule has 0 unspecified atom stereocenters. The highest BCUT2D eigenvalue weighted by atomic mass is 16.1. The number of benzene rings is 1. The molecule has 0 aliphatic rings. The zero-order valence-electron chi connectivity index (χ0n) is 17.2. The topological polar surface area (TPSA) is 57.3 Å². The SMILES string of the molecule is CCN(CC)c1ccc(Nc2ccnc(C(=O)NCCC(C)C)c2)c(C)c1. The Morgan fingerprint density at radius 1 is 1.15 bits per heavy atom. The molecule has 2 rings (SSSR count). The second kappa shape index (κ2) is 9.95. The molecule has 1 aromatic carbocycles. The van der Waals surface area contributed by atoms with Crippen LogP contribution in [0.2, 0.25) is 0 Å². The molecule has 5 heteroatoms. The van der Waals surface area contributed by atoms with Gasteiger partial charge in [0.2, 0.25) is 0 Å². The predicted molar refractivity (Wildman–Crippen MR) is 114 cm³/mol. The molecule has 0 atom stereocenters. The summed E-state index contributed by atoms with van der Waals surface area (Å²) in [6, 6.07) is 10.1. The van der Waals surface area contributed by atoms with Crippen LogP contribution in [0.3, 0.4) is 0 Å². The van der Waals surface area contributed by atoms with Gasteiger partial charge in [-0.05, 0) is 69.0 Å². The number of anilines is 3. The summed E-state index contributed by atoms with van der Waals surface area (Å²) >= 11 is 0. The molecule has 2 aromatic rings. The summed E-state index contributed by atoms with van der Waals surface area (Å²) in [7, 11) is 0. The first-order valence-electron chi connectivity index (χ1n) is 9.81.